The van der Waals surface area contributed by atoms with Crippen molar-refractivity contribution in [1.82, 2.24) is 5.43 Å². The van der Waals surface area contributed by atoms with Gasteiger partial charge in [0, 0.05) is 13.0 Å². The summed E-state index contributed by atoms with van der Waals surface area (Å²) in [7, 11) is 0. The van der Waals surface area contributed by atoms with Gasteiger partial charge in [-0.1, -0.05) is 0 Å². The van der Waals surface area contributed by atoms with Gasteiger partial charge >= 0.3 is 0 Å². The monoisotopic (exact) mass is 114 g/mol. The van der Waals surface area contributed by atoms with E-state index in [0.29, 0.717) is 0 Å². The van der Waals surface area contributed by atoms with E-state index in [1.54, 1.807) is 0 Å². The van der Waals surface area contributed by atoms with Crippen LogP contribution in [0.25, 0.3) is 0 Å². The molecule has 1 heterocycles. The quantitative estimate of drug-likeness (QED) is 0.533. The smallest absolute Gasteiger partial charge is 0.207 e. The Bertz CT molecular complexity index is 101. The molecule has 1 aliphatic rings. The molecule has 8 heavy (non-hydrogen) atoms. The predicted molar refractivity (Wildman–Crippen MR) is 31.7 cm³/mol. The zero-order valence-electron chi connectivity index (χ0n) is 4.98. The second-order valence-electron chi connectivity index (χ2n) is 1.60. The van der Waals surface area contributed by atoms with E-state index in [2.05, 4.69) is 10.5 Å². The Labute approximate surface area is 48.7 Å². The molecule has 0 saturated carbocycles. The standard InChI is InChI=1S/C5H10N2O/c1-2-8-5-3-4-6-7-5/h6H,2-4H2,1H3. The summed E-state index contributed by atoms with van der Waals surface area (Å²) in [5.41, 5.74) is 2.82. The molecule has 0 spiro atoms. The molecule has 1 rings (SSSR count). The average molecular weight is 114 g/mol. The fraction of sp³-hybridized carbons (Fsp3) is 0.800. The van der Waals surface area contributed by atoms with E-state index in [1.807, 2.05) is 6.92 Å². The van der Waals surface area contributed by atoms with Crippen molar-refractivity contribution in [3.8, 4) is 0 Å². The van der Waals surface area contributed by atoms with Gasteiger partial charge in [0.1, 0.15) is 0 Å². The average Bonchev–Trinajstić information content (AvgIpc) is 2.19. The first-order chi connectivity index (χ1) is 3.93. The maximum absolute atomic E-state index is 5.09. The number of hydrogen-bond acceptors (Lipinski definition) is 3. The van der Waals surface area contributed by atoms with Gasteiger partial charge < -0.3 is 10.2 Å². The van der Waals surface area contributed by atoms with Crippen LogP contribution < -0.4 is 5.43 Å². The third-order valence-corrected chi connectivity index (χ3v) is 0.965. The molecule has 3 nitrogen and oxygen atoms in total. The number of ether oxygens (including phenoxy) is 1. The van der Waals surface area contributed by atoms with Gasteiger partial charge in [-0.25, -0.2) is 0 Å². The van der Waals surface area contributed by atoms with E-state index in [9.17, 15) is 0 Å². The van der Waals surface area contributed by atoms with Gasteiger partial charge in [-0.3, -0.25) is 0 Å². The lowest BCUT2D eigenvalue weighted by atomic mass is 10.4. The normalized spacial score (nSPS) is 17.4. The van der Waals surface area contributed by atoms with Crippen molar-refractivity contribution in [2.24, 2.45) is 5.10 Å². The van der Waals surface area contributed by atoms with Crippen molar-refractivity contribution >= 4 is 5.90 Å². The SMILES string of the molecule is CCOC1=NNCC1. The minimum Gasteiger partial charge on any atom is -0.480 e. The second-order valence-corrected chi connectivity index (χ2v) is 1.60. The van der Waals surface area contributed by atoms with E-state index in [0.717, 1.165) is 25.5 Å². The molecule has 1 N–H and O–H groups in total. The maximum Gasteiger partial charge on any atom is 0.207 e. The van der Waals surface area contributed by atoms with Crippen LogP contribution in [0.4, 0.5) is 0 Å². The van der Waals surface area contributed by atoms with Gasteiger partial charge in [0.05, 0.1) is 6.61 Å². The maximum atomic E-state index is 5.09. The molecule has 0 bridgehead atoms. The third kappa shape index (κ3) is 1.12. The van der Waals surface area contributed by atoms with E-state index in [4.69, 9.17) is 4.74 Å². The van der Waals surface area contributed by atoms with Gasteiger partial charge in [0.2, 0.25) is 5.90 Å². The first-order valence-electron chi connectivity index (χ1n) is 2.85. The molecule has 3 heteroatoms. The molecule has 0 fully saturated rings. The highest BCUT2D eigenvalue weighted by atomic mass is 16.5. The predicted octanol–water partition coefficient (Wildman–Crippen LogP) is 0.330. The Morgan fingerprint density at radius 1 is 1.88 bits per heavy atom. The minimum absolute atomic E-state index is 0.723. The summed E-state index contributed by atoms with van der Waals surface area (Å²) >= 11 is 0. The highest BCUT2D eigenvalue weighted by Crippen LogP contribution is 1.93. The summed E-state index contributed by atoms with van der Waals surface area (Å²) in [6.45, 7) is 3.61. The molecule has 0 unspecified atom stereocenters. The van der Waals surface area contributed by atoms with Crippen molar-refractivity contribution in [3.63, 3.8) is 0 Å². The van der Waals surface area contributed by atoms with Crippen molar-refractivity contribution in [2.75, 3.05) is 13.2 Å². The number of rotatable bonds is 1. The lowest BCUT2D eigenvalue weighted by Gasteiger charge is -1.96. The number of hydrazone groups is 1. The molecule has 0 aliphatic carbocycles. The highest BCUT2D eigenvalue weighted by Gasteiger charge is 2.03. The third-order valence-electron chi connectivity index (χ3n) is 0.965. The van der Waals surface area contributed by atoms with Crippen LogP contribution in [0.5, 0.6) is 0 Å². The van der Waals surface area contributed by atoms with Gasteiger partial charge in [0.25, 0.3) is 0 Å². The number of nitrogens with zero attached hydrogens (tertiary/aromatic N) is 1. The van der Waals surface area contributed by atoms with Crippen molar-refractivity contribution < 1.29 is 4.74 Å². The molecule has 0 aromatic heterocycles. The Morgan fingerprint density at radius 2 is 2.75 bits per heavy atom. The molecule has 0 atom stereocenters. The number of nitrogens with one attached hydrogen (secondary N) is 1. The van der Waals surface area contributed by atoms with Crippen molar-refractivity contribution in [1.29, 1.82) is 0 Å². The molecule has 46 valence electrons. The summed E-state index contributed by atoms with van der Waals surface area (Å²) in [6.07, 6.45) is 0.938. The van der Waals surface area contributed by atoms with Gasteiger partial charge in [0.15, 0.2) is 0 Å². The fourth-order valence-electron chi connectivity index (χ4n) is 0.634. The van der Waals surface area contributed by atoms with Crippen LogP contribution in [0.1, 0.15) is 13.3 Å². The summed E-state index contributed by atoms with van der Waals surface area (Å²) in [6, 6.07) is 0. The van der Waals surface area contributed by atoms with Gasteiger partial charge in [-0.05, 0) is 6.92 Å². The highest BCUT2D eigenvalue weighted by molar-refractivity contribution is 5.77. The molecular weight excluding hydrogens is 104 g/mol. The lowest BCUT2D eigenvalue weighted by molar-refractivity contribution is 0.321. The molecule has 0 amide bonds. The Hall–Kier alpha value is -0.730. The fourth-order valence-corrected chi connectivity index (χ4v) is 0.634. The summed E-state index contributed by atoms with van der Waals surface area (Å²) in [4.78, 5) is 0. The second kappa shape index (κ2) is 2.55. The minimum atomic E-state index is 0.723. The summed E-state index contributed by atoms with van der Waals surface area (Å²) < 4.78 is 5.09. The largest absolute Gasteiger partial charge is 0.480 e. The first kappa shape index (κ1) is 5.41. The van der Waals surface area contributed by atoms with Gasteiger partial charge in [-0.15, -0.1) is 5.10 Å². The van der Waals surface area contributed by atoms with Crippen LogP contribution >= 0.6 is 0 Å². The Kier molecular flexibility index (Phi) is 1.72. The van der Waals surface area contributed by atoms with Crippen LogP contribution in [0.15, 0.2) is 5.10 Å². The van der Waals surface area contributed by atoms with E-state index >= 15 is 0 Å². The van der Waals surface area contributed by atoms with Crippen LogP contribution in [0, 0.1) is 0 Å². The van der Waals surface area contributed by atoms with E-state index < -0.39 is 0 Å². The molecule has 0 radical (unpaired) electrons. The molecular formula is C5H10N2O. The summed E-state index contributed by atoms with van der Waals surface area (Å²) in [5.74, 6) is 0.840. The molecule has 0 saturated heterocycles. The van der Waals surface area contributed by atoms with Crippen LogP contribution in [0.3, 0.4) is 0 Å². The molecule has 1 aliphatic heterocycles. The van der Waals surface area contributed by atoms with E-state index in [-0.39, 0.29) is 0 Å². The zero-order chi connectivity index (χ0) is 5.82. The van der Waals surface area contributed by atoms with Gasteiger partial charge in [-0.2, -0.15) is 0 Å². The summed E-state index contributed by atoms with van der Waals surface area (Å²) in [5, 5.41) is 3.87. The number of hydrogen-bond donors (Lipinski definition) is 1. The van der Waals surface area contributed by atoms with E-state index in [1.165, 1.54) is 0 Å². The zero-order valence-corrected chi connectivity index (χ0v) is 4.98. The van der Waals surface area contributed by atoms with Crippen LogP contribution in [0.2, 0.25) is 0 Å². The van der Waals surface area contributed by atoms with Crippen molar-refractivity contribution in [2.45, 2.75) is 13.3 Å². The van der Waals surface area contributed by atoms with Crippen LogP contribution in [-0.2, 0) is 4.74 Å². The molecule has 0 aromatic rings. The molecule has 0 aromatic carbocycles. The Balaban J connectivity index is 2.23. The topological polar surface area (TPSA) is 33.6 Å². The first-order valence-corrected chi connectivity index (χ1v) is 2.85. The van der Waals surface area contributed by atoms with Crippen molar-refractivity contribution in [3.05, 3.63) is 0 Å². The Morgan fingerprint density at radius 3 is 3.25 bits per heavy atom. The van der Waals surface area contributed by atoms with Crippen LogP contribution in [-0.4, -0.2) is 19.0 Å². The lowest BCUT2D eigenvalue weighted by Crippen LogP contribution is -2.00.